The molecule has 0 atom stereocenters. The van der Waals surface area contributed by atoms with Gasteiger partial charge in [-0.05, 0) is 0 Å². The number of carboxylic acids is 1. The van der Waals surface area contributed by atoms with Crippen LogP contribution in [0.15, 0.2) is 0 Å². The van der Waals surface area contributed by atoms with Crippen LogP contribution in [0.1, 0.15) is 6.92 Å². The van der Waals surface area contributed by atoms with Crippen molar-refractivity contribution in [1.29, 1.82) is 0 Å². The van der Waals surface area contributed by atoms with Gasteiger partial charge in [-0.15, -0.1) is 0 Å². The molecule has 0 heterocycles. The zero-order chi connectivity index (χ0) is 13.4. The van der Waals surface area contributed by atoms with Crippen molar-refractivity contribution in [3.05, 3.63) is 0 Å². The molecule has 0 amide bonds. The summed E-state index contributed by atoms with van der Waals surface area (Å²) in [6.07, 6.45) is -12.6. The fourth-order valence-corrected chi connectivity index (χ4v) is 0.778. The van der Waals surface area contributed by atoms with Crippen LogP contribution < -0.4 is 0 Å². The fourth-order valence-electron chi connectivity index (χ4n) is 0.778. The lowest BCUT2D eigenvalue weighted by Gasteiger charge is -2.31. The first kappa shape index (κ1) is 14.5. The molecule has 0 aliphatic heterocycles. The Labute approximate surface area is 83.8 Å². The van der Waals surface area contributed by atoms with E-state index in [1.807, 2.05) is 0 Å². The predicted octanol–water partition coefficient (Wildman–Crippen LogP) is 1.50. The molecule has 94 valence electrons. The molecule has 0 aliphatic carbocycles. The van der Waals surface area contributed by atoms with Crippen LogP contribution in [-0.2, 0) is 14.3 Å². The number of hydrogen-bond acceptors (Lipinski definition) is 3. The Balaban J connectivity index is 5.81. The second kappa shape index (κ2) is 3.83. The molecule has 0 unspecified atom stereocenters. The molecule has 0 saturated carbocycles. The number of rotatable bonds is 2. The molecular weight excluding hydrogens is 250 g/mol. The minimum Gasteiger partial charge on any atom is -0.478 e. The van der Waals surface area contributed by atoms with Crippen LogP contribution in [0.25, 0.3) is 0 Å². The van der Waals surface area contributed by atoms with Gasteiger partial charge in [-0.2, -0.15) is 26.3 Å². The number of hydrogen-bond donors (Lipinski definition) is 1. The van der Waals surface area contributed by atoms with Gasteiger partial charge in [-0.3, -0.25) is 4.79 Å². The van der Waals surface area contributed by atoms with Crippen LogP contribution in [0, 0.1) is 0 Å². The third-order valence-electron chi connectivity index (χ3n) is 1.40. The first-order valence-corrected chi connectivity index (χ1v) is 3.42. The van der Waals surface area contributed by atoms with Gasteiger partial charge in [0.15, 0.2) is 0 Å². The number of halogens is 6. The molecule has 10 heteroatoms. The molecule has 0 fully saturated rings. The molecule has 1 N–H and O–H groups in total. The van der Waals surface area contributed by atoms with E-state index in [1.165, 1.54) is 0 Å². The molecule has 0 rings (SSSR count). The Morgan fingerprint density at radius 2 is 1.31 bits per heavy atom. The first-order valence-electron chi connectivity index (χ1n) is 3.42. The normalized spacial score (nSPS) is 13.4. The highest BCUT2D eigenvalue weighted by molar-refractivity contribution is 5.83. The van der Waals surface area contributed by atoms with Crippen molar-refractivity contribution in [1.82, 2.24) is 0 Å². The van der Waals surface area contributed by atoms with E-state index in [4.69, 9.17) is 5.11 Å². The van der Waals surface area contributed by atoms with Crippen molar-refractivity contribution in [3.8, 4) is 0 Å². The molecule has 0 radical (unpaired) electrons. The van der Waals surface area contributed by atoms with Gasteiger partial charge in [0.25, 0.3) is 0 Å². The SMILES string of the molecule is CC(=O)OC(C(=O)O)(C(F)(F)F)C(F)(F)F. The summed E-state index contributed by atoms with van der Waals surface area (Å²) in [6.45, 7) is 0.231. The average Bonchev–Trinajstić information content (AvgIpc) is 1.93. The van der Waals surface area contributed by atoms with Crippen LogP contribution in [0.3, 0.4) is 0 Å². The molecule has 0 bridgehead atoms. The van der Waals surface area contributed by atoms with Gasteiger partial charge >= 0.3 is 29.9 Å². The summed E-state index contributed by atoms with van der Waals surface area (Å²) in [5.41, 5.74) is -5.54. The summed E-state index contributed by atoms with van der Waals surface area (Å²) in [5, 5.41) is 8.03. The molecule has 0 aromatic heterocycles. The number of aliphatic carboxylic acids is 1. The van der Waals surface area contributed by atoms with Gasteiger partial charge in [-0.1, -0.05) is 0 Å². The number of carboxylic acid groups (broad SMARTS) is 1. The monoisotopic (exact) mass is 254 g/mol. The topological polar surface area (TPSA) is 63.6 Å². The quantitative estimate of drug-likeness (QED) is 0.599. The largest absolute Gasteiger partial charge is 0.478 e. The lowest BCUT2D eigenvalue weighted by Crippen LogP contribution is -2.64. The van der Waals surface area contributed by atoms with E-state index >= 15 is 0 Å². The van der Waals surface area contributed by atoms with Gasteiger partial charge in [0, 0.05) is 6.92 Å². The maximum absolute atomic E-state index is 12.1. The first-order chi connectivity index (χ1) is 6.86. The van der Waals surface area contributed by atoms with E-state index in [0.29, 0.717) is 0 Å². The lowest BCUT2D eigenvalue weighted by molar-refractivity contribution is -0.357. The third-order valence-corrected chi connectivity index (χ3v) is 1.40. The van der Waals surface area contributed by atoms with Crippen molar-refractivity contribution in [2.75, 3.05) is 0 Å². The minimum atomic E-state index is -6.32. The van der Waals surface area contributed by atoms with E-state index in [0.717, 1.165) is 0 Å². The Bertz CT molecular complexity index is 289. The zero-order valence-electron chi connectivity index (χ0n) is 7.44. The molecule has 0 saturated heterocycles. The molecule has 0 aromatic rings. The van der Waals surface area contributed by atoms with Crippen molar-refractivity contribution in [3.63, 3.8) is 0 Å². The van der Waals surface area contributed by atoms with Gasteiger partial charge in [-0.25, -0.2) is 4.79 Å². The van der Waals surface area contributed by atoms with E-state index in [1.54, 1.807) is 0 Å². The maximum Gasteiger partial charge on any atom is 0.449 e. The summed E-state index contributed by atoms with van der Waals surface area (Å²) in [7, 11) is 0. The second-order valence-corrected chi connectivity index (χ2v) is 2.58. The average molecular weight is 254 g/mol. The fraction of sp³-hybridized carbons (Fsp3) is 0.667. The van der Waals surface area contributed by atoms with Crippen LogP contribution in [-0.4, -0.2) is 35.0 Å². The van der Waals surface area contributed by atoms with Crippen LogP contribution in [0.4, 0.5) is 26.3 Å². The Morgan fingerprint density at radius 1 is 1.00 bits per heavy atom. The van der Waals surface area contributed by atoms with Gasteiger partial charge in [0.1, 0.15) is 0 Å². The highest BCUT2D eigenvalue weighted by Gasteiger charge is 2.80. The Morgan fingerprint density at radius 3 is 1.38 bits per heavy atom. The summed E-state index contributed by atoms with van der Waals surface area (Å²) >= 11 is 0. The highest BCUT2D eigenvalue weighted by atomic mass is 19.4. The van der Waals surface area contributed by atoms with E-state index < -0.39 is 29.9 Å². The van der Waals surface area contributed by atoms with E-state index in [2.05, 4.69) is 4.74 Å². The van der Waals surface area contributed by atoms with Crippen molar-refractivity contribution < 1.29 is 45.8 Å². The number of ether oxygens (including phenoxy) is 1. The number of esters is 1. The smallest absolute Gasteiger partial charge is 0.449 e. The number of alkyl halides is 6. The van der Waals surface area contributed by atoms with E-state index in [-0.39, 0.29) is 6.92 Å². The zero-order valence-corrected chi connectivity index (χ0v) is 7.44. The van der Waals surface area contributed by atoms with Crippen LogP contribution >= 0.6 is 0 Å². The summed E-state index contributed by atoms with van der Waals surface area (Å²) in [4.78, 5) is 20.3. The highest BCUT2D eigenvalue weighted by Crippen LogP contribution is 2.46. The molecule has 0 spiro atoms. The second-order valence-electron chi connectivity index (χ2n) is 2.58. The summed E-state index contributed by atoms with van der Waals surface area (Å²) < 4.78 is 75.6. The van der Waals surface area contributed by atoms with Crippen molar-refractivity contribution in [2.24, 2.45) is 0 Å². The summed E-state index contributed by atoms with van der Waals surface area (Å²) in [5.74, 6) is -5.38. The lowest BCUT2D eigenvalue weighted by atomic mass is 10.0. The maximum atomic E-state index is 12.1. The van der Waals surface area contributed by atoms with Gasteiger partial charge in [0.05, 0.1) is 0 Å². The Kier molecular flexibility index (Phi) is 3.48. The predicted molar refractivity (Wildman–Crippen MR) is 34.2 cm³/mol. The standard InChI is InChI=1S/C6H4F6O4/c1-2(13)16-4(3(14)15,5(7,8)9)6(10,11)12/h1H3,(H,14,15). The number of carbonyl (C=O) groups is 2. The summed E-state index contributed by atoms with van der Waals surface area (Å²) in [6, 6.07) is 0. The van der Waals surface area contributed by atoms with Crippen molar-refractivity contribution in [2.45, 2.75) is 24.9 Å². The van der Waals surface area contributed by atoms with Crippen molar-refractivity contribution >= 4 is 11.9 Å². The third kappa shape index (κ3) is 2.19. The molecular formula is C6H4F6O4. The van der Waals surface area contributed by atoms with E-state index in [9.17, 15) is 35.9 Å². The number of carbonyl (C=O) groups excluding carboxylic acids is 1. The van der Waals surface area contributed by atoms with Gasteiger partial charge < -0.3 is 9.84 Å². The minimum absolute atomic E-state index is 0.231. The van der Waals surface area contributed by atoms with Crippen LogP contribution in [0.2, 0.25) is 0 Å². The Hall–Kier alpha value is -1.48. The van der Waals surface area contributed by atoms with Gasteiger partial charge in [0.2, 0.25) is 0 Å². The molecule has 0 aromatic carbocycles. The molecule has 16 heavy (non-hydrogen) atoms. The van der Waals surface area contributed by atoms with Crippen LogP contribution in [0.5, 0.6) is 0 Å². The molecule has 4 nitrogen and oxygen atoms in total. The molecule has 0 aliphatic rings.